The number of nitro groups is 1. The van der Waals surface area contributed by atoms with Gasteiger partial charge in [0.1, 0.15) is 18.2 Å². The summed E-state index contributed by atoms with van der Waals surface area (Å²) >= 11 is 0.484. The summed E-state index contributed by atoms with van der Waals surface area (Å²) in [5, 5.41) is 22.3. The van der Waals surface area contributed by atoms with Crippen LogP contribution in [-0.4, -0.2) is 45.6 Å². The molecule has 13 heteroatoms. The van der Waals surface area contributed by atoms with Crippen molar-refractivity contribution in [2.24, 2.45) is 0 Å². The van der Waals surface area contributed by atoms with Gasteiger partial charge in [-0.05, 0) is 41.6 Å². The lowest BCUT2D eigenvalue weighted by Gasteiger charge is -2.12. The number of benzene rings is 2. The molecule has 3 rings (SSSR count). The fourth-order valence-corrected chi connectivity index (χ4v) is 3.54. The first-order chi connectivity index (χ1) is 15.1. The lowest BCUT2D eigenvalue weighted by molar-refractivity contribution is -0.386. The first kappa shape index (κ1) is 22.7. The Morgan fingerprint density at radius 3 is 2.66 bits per heavy atom. The van der Waals surface area contributed by atoms with Crippen molar-refractivity contribution in [3.8, 4) is 11.5 Å². The summed E-state index contributed by atoms with van der Waals surface area (Å²) in [7, 11) is 1.18. The Bertz CT molecular complexity index is 1190. The van der Waals surface area contributed by atoms with Gasteiger partial charge in [-0.15, -0.1) is 0 Å². The van der Waals surface area contributed by atoms with E-state index in [1.54, 1.807) is 0 Å². The number of carbonyl (C=O) groups excluding carboxylic acids is 3. The maximum atomic E-state index is 13.7. The molecule has 32 heavy (non-hydrogen) atoms. The molecule has 0 atom stereocenters. The van der Waals surface area contributed by atoms with E-state index in [0.29, 0.717) is 22.7 Å². The quantitative estimate of drug-likeness (QED) is 0.377. The van der Waals surface area contributed by atoms with Gasteiger partial charge in [0.15, 0.2) is 5.75 Å². The van der Waals surface area contributed by atoms with Crippen molar-refractivity contribution < 1.29 is 37.9 Å². The Labute approximate surface area is 182 Å². The molecule has 0 aliphatic carbocycles. The molecular formula is C19H13F2N3O7S. The smallest absolute Gasteiger partial charge is 0.315 e. The Balaban J connectivity index is 1.80. The Hall–Kier alpha value is -4.00. The van der Waals surface area contributed by atoms with E-state index in [1.807, 2.05) is 0 Å². The van der Waals surface area contributed by atoms with Crippen LogP contribution in [0, 0.1) is 21.7 Å². The molecule has 1 saturated heterocycles. The number of phenols is 1. The zero-order chi connectivity index (χ0) is 23.6. The van der Waals surface area contributed by atoms with Crippen molar-refractivity contribution in [1.82, 2.24) is 4.90 Å². The summed E-state index contributed by atoms with van der Waals surface area (Å²) in [6.45, 7) is -0.738. The zero-order valence-electron chi connectivity index (χ0n) is 16.1. The molecule has 1 fully saturated rings. The number of anilines is 1. The van der Waals surface area contributed by atoms with Crippen molar-refractivity contribution in [2.75, 3.05) is 19.0 Å². The number of carbonyl (C=O) groups is 3. The van der Waals surface area contributed by atoms with Gasteiger partial charge in [-0.25, -0.2) is 8.78 Å². The lowest BCUT2D eigenvalue weighted by atomic mass is 10.1. The molecule has 0 bridgehead atoms. The van der Waals surface area contributed by atoms with Crippen LogP contribution in [0.15, 0.2) is 35.2 Å². The van der Waals surface area contributed by atoms with Crippen LogP contribution in [-0.2, 0) is 9.59 Å². The molecule has 166 valence electrons. The highest BCUT2D eigenvalue weighted by Crippen LogP contribution is 2.39. The molecule has 2 N–H and O–H groups in total. The molecule has 0 radical (unpaired) electrons. The molecule has 3 amide bonds. The third kappa shape index (κ3) is 4.67. The van der Waals surface area contributed by atoms with E-state index < -0.39 is 51.6 Å². The molecule has 1 heterocycles. The number of methoxy groups -OCH3 is 1. The van der Waals surface area contributed by atoms with Crippen LogP contribution < -0.4 is 10.1 Å². The SMILES string of the molecule is COc1cc(C=C2SC(=O)N(CC(=O)Nc3ccc(F)cc3F)C2=O)cc([N+](=O)[O-])c1O. The van der Waals surface area contributed by atoms with Crippen molar-refractivity contribution >= 4 is 46.3 Å². The van der Waals surface area contributed by atoms with E-state index in [1.165, 1.54) is 13.2 Å². The number of phenolic OH excluding ortho intramolecular Hbond substituents is 1. The second-order valence-corrected chi connectivity index (χ2v) is 7.28. The summed E-state index contributed by atoms with van der Waals surface area (Å²) in [6, 6.07) is 4.67. The van der Waals surface area contributed by atoms with Crippen molar-refractivity contribution in [2.45, 2.75) is 0 Å². The van der Waals surface area contributed by atoms with E-state index >= 15 is 0 Å². The van der Waals surface area contributed by atoms with Crippen LogP contribution in [0.3, 0.4) is 0 Å². The fraction of sp³-hybridized carbons (Fsp3) is 0.105. The standard InChI is InChI=1S/C19H13F2N3O7S/c1-31-14-5-9(4-13(17(14)26)24(29)30)6-15-18(27)23(19(28)32-15)8-16(25)22-12-3-2-10(20)7-11(12)21/h2-7,26H,8H2,1H3,(H,22,25). The van der Waals surface area contributed by atoms with Crippen molar-refractivity contribution in [3.63, 3.8) is 0 Å². The summed E-state index contributed by atoms with van der Waals surface area (Å²) < 4.78 is 31.5. The maximum absolute atomic E-state index is 13.7. The molecule has 0 spiro atoms. The van der Waals surface area contributed by atoms with Gasteiger partial charge in [0.05, 0.1) is 22.6 Å². The van der Waals surface area contributed by atoms with Gasteiger partial charge in [-0.2, -0.15) is 0 Å². The predicted octanol–water partition coefficient (Wildman–Crippen LogP) is 3.26. The number of nitro benzene ring substituents is 1. The number of amides is 3. The topological polar surface area (TPSA) is 139 Å². The molecule has 2 aromatic rings. The van der Waals surface area contributed by atoms with Crippen LogP contribution in [0.1, 0.15) is 5.56 Å². The zero-order valence-corrected chi connectivity index (χ0v) is 16.9. The highest BCUT2D eigenvalue weighted by molar-refractivity contribution is 8.18. The Kier molecular flexibility index (Phi) is 6.39. The summed E-state index contributed by atoms with van der Waals surface area (Å²) in [4.78, 5) is 47.6. The number of hydrogen-bond donors (Lipinski definition) is 2. The van der Waals surface area contributed by atoms with E-state index in [0.717, 1.165) is 24.3 Å². The van der Waals surface area contributed by atoms with Gasteiger partial charge < -0.3 is 15.2 Å². The molecule has 1 aliphatic rings. The third-order valence-corrected chi connectivity index (χ3v) is 5.08. The van der Waals surface area contributed by atoms with Crippen LogP contribution in [0.25, 0.3) is 6.08 Å². The molecule has 0 aromatic heterocycles. The number of thioether (sulfide) groups is 1. The minimum Gasteiger partial charge on any atom is -0.500 e. The summed E-state index contributed by atoms with van der Waals surface area (Å²) in [5.41, 5.74) is -0.910. The second-order valence-electron chi connectivity index (χ2n) is 6.29. The van der Waals surface area contributed by atoms with E-state index in [2.05, 4.69) is 5.32 Å². The highest BCUT2D eigenvalue weighted by atomic mass is 32.2. The number of halogens is 2. The van der Waals surface area contributed by atoms with E-state index in [9.17, 15) is 38.4 Å². The number of ether oxygens (including phenoxy) is 1. The fourth-order valence-electron chi connectivity index (χ4n) is 2.70. The Morgan fingerprint density at radius 1 is 1.31 bits per heavy atom. The van der Waals surface area contributed by atoms with Crippen molar-refractivity contribution in [3.05, 3.63) is 62.5 Å². The van der Waals surface area contributed by atoms with Gasteiger partial charge >= 0.3 is 5.69 Å². The van der Waals surface area contributed by atoms with E-state index in [-0.39, 0.29) is 21.9 Å². The van der Waals surface area contributed by atoms with Gasteiger partial charge in [-0.3, -0.25) is 29.4 Å². The molecular weight excluding hydrogens is 452 g/mol. The lowest BCUT2D eigenvalue weighted by Crippen LogP contribution is -2.36. The number of nitrogens with zero attached hydrogens (tertiary/aromatic N) is 2. The molecule has 0 saturated carbocycles. The first-order valence-corrected chi connectivity index (χ1v) is 9.48. The van der Waals surface area contributed by atoms with Crippen LogP contribution in [0.2, 0.25) is 0 Å². The number of aromatic hydroxyl groups is 1. The Morgan fingerprint density at radius 2 is 2.03 bits per heavy atom. The number of rotatable bonds is 6. The average molecular weight is 465 g/mol. The molecule has 1 aliphatic heterocycles. The summed E-state index contributed by atoms with van der Waals surface area (Å²) in [5.74, 6) is -4.55. The largest absolute Gasteiger partial charge is 0.500 e. The van der Waals surface area contributed by atoms with Crippen LogP contribution in [0.5, 0.6) is 11.5 Å². The monoisotopic (exact) mass is 465 g/mol. The minimum absolute atomic E-state index is 0.0923. The predicted molar refractivity (Wildman–Crippen MR) is 109 cm³/mol. The number of imide groups is 1. The average Bonchev–Trinajstić information content (AvgIpc) is 2.98. The maximum Gasteiger partial charge on any atom is 0.315 e. The normalized spacial score (nSPS) is 14.7. The van der Waals surface area contributed by atoms with Gasteiger partial charge in [-0.1, -0.05) is 0 Å². The number of nitrogens with one attached hydrogen (secondary N) is 1. The molecule has 0 unspecified atom stereocenters. The van der Waals surface area contributed by atoms with Crippen LogP contribution in [0.4, 0.5) is 25.0 Å². The van der Waals surface area contributed by atoms with Gasteiger partial charge in [0.25, 0.3) is 11.1 Å². The second kappa shape index (κ2) is 9.01. The van der Waals surface area contributed by atoms with Crippen molar-refractivity contribution in [1.29, 1.82) is 0 Å². The molecule has 10 nitrogen and oxygen atoms in total. The van der Waals surface area contributed by atoms with Gasteiger partial charge in [0.2, 0.25) is 11.7 Å². The van der Waals surface area contributed by atoms with Crippen LogP contribution >= 0.6 is 11.8 Å². The third-order valence-electron chi connectivity index (χ3n) is 4.17. The highest BCUT2D eigenvalue weighted by Gasteiger charge is 2.36. The number of hydrogen-bond acceptors (Lipinski definition) is 8. The summed E-state index contributed by atoms with van der Waals surface area (Å²) in [6.07, 6.45) is 1.16. The van der Waals surface area contributed by atoms with Gasteiger partial charge in [0, 0.05) is 12.1 Å². The van der Waals surface area contributed by atoms with E-state index in [4.69, 9.17) is 4.74 Å². The minimum atomic E-state index is -1.03. The molecule has 2 aromatic carbocycles. The first-order valence-electron chi connectivity index (χ1n) is 8.66.